The van der Waals surface area contributed by atoms with Crippen molar-refractivity contribution in [3.8, 4) is 28.1 Å². The number of para-hydroxylation sites is 1. The number of methoxy groups -OCH3 is 1. The fourth-order valence-electron chi connectivity index (χ4n) is 8.20. The van der Waals surface area contributed by atoms with Gasteiger partial charge in [0.2, 0.25) is 0 Å². The molecule has 62 heavy (non-hydrogen) atoms. The van der Waals surface area contributed by atoms with Gasteiger partial charge in [0, 0.05) is 33.5 Å². The molecule has 0 unspecified atom stereocenters. The summed E-state index contributed by atoms with van der Waals surface area (Å²) in [5.74, 6) is 0.558. The molecule has 1 aliphatic rings. The first-order chi connectivity index (χ1) is 29.1. The van der Waals surface area contributed by atoms with Crippen molar-refractivity contribution in [2.75, 3.05) is 7.11 Å². The van der Waals surface area contributed by atoms with Crippen LogP contribution < -0.4 is 4.74 Å². The monoisotopic (exact) mass is 826 g/mol. The zero-order chi connectivity index (χ0) is 44.9. The summed E-state index contributed by atoms with van der Waals surface area (Å²) >= 11 is 0. The van der Waals surface area contributed by atoms with E-state index in [1.165, 1.54) is 15.6 Å². The third-order valence-corrected chi connectivity index (χ3v) is 12.1. The number of rotatable bonds is 8. The maximum atomic E-state index is 16.4. The van der Waals surface area contributed by atoms with E-state index in [1.807, 2.05) is 42.5 Å². The number of allylic oxidation sites excluding steroid dienone is 2. The molecule has 7 rings (SSSR count). The number of halogens is 2. The van der Waals surface area contributed by atoms with Crippen molar-refractivity contribution in [2.24, 2.45) is 4.99 Å². The Labute approximate surface area is 369 Å². The van der Waals surface area contributed by atoms with Crippen LogP contribution >= 0.6 is 0 Å². The molecular formula is C56H61BF2N2O. The topological polar surface area (TPSA) is 26.5 Å². The Hall–Kier alpha value is -5.75. The van der Waals surface area contributed by atoms with Crippen molar-refractivity contribution in [1.82, 2.24) is 4.48 Å². The van der Waals surface area contributed by atoms with Gasteiger partial charge in [-0.2, -0.15) is 0 Å². The second-order valence-corrected chi connectivity index (χ2v) is 20.7. The standard InChI is InChI=1S/C56H61BF2N2O/c1-53(2,3)40-26-18-36(19-27-40)45-34-47(38-22-30-42(31-23-38)55(7,8)9)60-51(45)50(44-16-14-15-17-49(44)62-13)52-46(37-20-28-41(29-21-37)54(4,5)6)35-48(61(52)57(58)59)39-24-32-43(33-25-39)56(10,11)12/h14-35H,1-13H3/b51-50-. The minimum Gasteiger partial charge on any atom is -0.496 e. The van der Waals surface area contributed by atoms with Crippen molar-refractivity contribution in [1.29, 1.82) is 0 Å². The molecule has 5 aromatic carbocycles. The van der Waals surface area contributed by atoms with Crippen molar-refractivity contribution in [2.45, 2.75) is 105 Å². The number of benzene rings is 5. The van der Waals surface area contributed by atoms with Gasteiger partial charge in [0.1, 0.15) is 5.75 Å². The maximum Gasteiger partial charge on any atom is 0.678 e. The molecule has 0 amide bonds. The molecule has 1 aromatic heterocycles. The van der Waals surface area contributed by atoms with E-state index < -0.39 is 7.40 Å². The molecule has 0 atom stereocenters. The maximum absolute atomic E-state index is 16.4. The highest BCUT2D eigenvalue weighted by molar-refractivity contribution is 6.42. The lowest BCUT2D eigenvalue weighted by Crippen LogP contribution is -2.18. The van der Waals surface area contributed by atoms with E-state index in [0.29, 0.717) is 45.1 Å². The lowest BCUT2D eigenvalue weighted by molar-refractivity contribution is 0.413. The quantitative estimate of drug-likeness (QED) is 0.140. The van der Waals surface area contributed by atoms with Crippen LogP contribution in [0.25, 0.3) is 33.5 Å². The molecule has 318 valence electrons. The van der Waals surface area contributed by atoms with E-state index in [4.69, 9.17) is 9.73 Å². The van der Waals surface area contributed by atoms with Gasteiger partial charge in [-0.25, -0.2) is 4.99 Å². The summed E-state index contributed by atoms with van der Waals surface area (Å²) in [7, 11) is -1.27. The normalized spacial score (nSPS) is 14.4. The molecule has 6 aromatic rings. The van der Waals surface area contributed by atoms with E-state index >= 15 is 8.63 Å². The SMILES string of the molecule is COc1ccccc1/C(=C1/N=C(c2ccc(C(C)(C)C)cc2)C=C1c1ccc(C(C)(C)C)cc1)c1c(-c2ccc(C(C)(C)C)cc2)cc(-c2ccc(C(C)(C)C)cc2)n1B(F)F. The molecule has 0 saturated heterocycles. The molecule has 0 bridgehead atoms. The molecule has 0 aliphatic carbocycles. The summed E-state index contributed by atoms with van der Waals surface area (Å²) in [5.41, 5.74) is 12.7. The van der Waals surface area contributed by atoms with Crippen LogP contribution in [0, 0.1) is 0 Å². The predicted octanol–water partition coefficient (Wildman–Crippen LogP) is 15.1. The first-order valence-electron chi connectivity index (χ1n) is 21.7. The third-order valence-electron chi connectivity index (χ3n) is 12.1. The van der Waals surface area contributed by atoms with Gasteiger partial charge in [0.25, 0.3) is 0 Å². The smallest absolute Gasteiger partial charge is 0.496 e. The Morgan fingerprint density at radius 3 is 1.39 bits per heavy atom. The number of aliphatic imine (C=N–C) groups is 1. The highest BCUT2D eigenvalue weighted by atomic mass is 19.2. The van der Waals surface area contributed by atoms with Crippen LogP contribution in [0.3, 0.4) is 0 Å². The van der Waals surface area contributed by atoms with Crippen LogP contribution in [0.15, 0.2) is 144 Å². The minimum atomic E-state index is -2.90. The van der Waals surface area contributed by atoms with Crippen LogP contribution in [0.5, 0.6) is 5.75 Å². The molecule has 1 aliphatic heterocycles. The Morgan fingerprint density at radius 1 is 0.532 bits per heavy atom. The van der Waals surface area contributed by atoms with Crippen LogP contribution in [-0.4, -0.2) is 24.7 Å². The Morgan fingerprint density at radius 2 is 0.952 bits per heavy atom. The molecule has 3 nitrogen and oxygen atoms in total. The summed E-state index contributed by atoms with van der Waals surface area (Å²) in [6.45, 7) is 26.2. The van der Waals surface area contributed by atoms with Gasteiger partial charge >= 0.3 is 7.40 Å². The van der Waals surface area contributed by atoms with Crippen LogP contribution in [0.2, 0.25) is 0 Å². The number of aromatic nitrogens is 1. The Kier molecular flexibility index (Phi) is 11.8. The van der Waals surface area contributed by atoms with Crippen molar-refractivity contribution >= 4 is 24.3 Å². The highest BCUT2D eigenvalue weighted by Crippen LogP contribution is 2.48. The second kappa shape index (κ2) is 16.5. The largest absolute Gasteiger partial charge is 0.678 e. The van der Waals surface area contributed by atoms with Crippen LogP contribution in [-0.2, 0) is 21.7 Å². The van der Waals surface area contributed by atoms with Gasteiger partial charge in [0.15, 0.2) is 0 Å². The van der Waals surface area contributed by atoms with Crippen LogP contribution in [0.4, 0.5) is 8.63 Å². The highest BCUT2D eigenvalue weighted by Gasteiger charge is 2.35. The van der Waals surface area contributed by atoms with Crippen molar-refractivity contribution in [3.05, 3.63) is 184 Å². The number of hydrogen-bond donors (Lipinski definition) is 0. The molecule has 2 heterocycles. The fourth-order valence-corrected chi connectivity index (χ4v) is 8.20. The van der Waals surface area contributed by atoms with Gasteiger partial charge < -0.3 is 9.21 Å². The van der Waals surface area contributed by atoms with Crippen LogP contribution in [0.1, 0.15) is 128 Å². The van der Waals surface area contributed by atoms with Gasteiger partial charge in [-0.1, -0.05) is 198 Å². The fraction of sp³-hybridized carbons (Fsp3) is 0.304. The molecule has 0 radical (unpaired) electrons. The zero-order valence-corrected chi connectivity index (χ0v) is 38.8. The summed E-state index contributed by atoms with van der Waals surface area (Å²) in [5, 5.41) is 0. The molecular weight excluding hydrogens is 765 g/mol. The Bertz CT molecular complexity index is 2670. The zero-order valence-electron chi connectivity index (χ0n) is 38.8. The van der Waals surface area contributed by atoms with Crippen molar-refractivity contribution < 1.29 is 13.4 Å². The average molecular weight is 827 g/mol. The van der Waals surface area contributed by atoms with Gasteiger partial charge in [-0.05, 0) is 78.8 Å². The van der Waals surface area contributed by atoms with E-state index in [-0.39, 0.29) is 21.7 Å². The number of ether oxygens (including phenoxy) is 1. The van der Waals surface area contributed by atoms with Crippen molar-refractivity contribution in [3.63, 3.8) is 0 Å². The minimum absolute atomic E-state index is 0.0269. The predicted molar refractivity (Wildman–Crippen MR) is 260 cm³/mol. The van der Waals surface area contributed by atoms with E-state index in [2.05, 4.69) is 174 Å². The molecule has 0 saturated carbocycles. The first kappa shape index (κ1) is 44.3. The molecule has 0 fully saturated rings. The molecule has 6 heteroatoms. The molecule has 0 spiro atoms. The first-order valence-corrected chi connectivity index (χ1v) is 21.7. The van der Waals surface area contributed by atoms with Gasteiger partial charge in [0.05, 0.1) is 24.2 Å². The lowest BCUT2D eigenvalue weighted by Gasteiger charge is -2.22. The molecule has 0 N–H and O–H groups in total. The summed E-state index contributed by atoms with van der Waals surface area (Å²) in [6.07, 6.45) is 2.11. The number of hydrogen-bond acceptors (Lipinski definition) is 2. The van der Waals surface area contributed by atoms with E-state index in [0.717, 1.165) is 39.1 Å². The summed E-state index contributed by atoms with van der Waals surface area (Å²) in [6, 6.07) is 43.2. The second-order valence-electron chi connectivity index (χ2n) is 20.7. The average Bonchev–Trinajstić information content (AvgIpc) is 3.84. The lowest BCUT2D eigenvalue weighted by atomic mass is 9.84. The van der Waals surface area contributed by atoms with Gasteiger partial charge in [-0.15, -0.1) is 0 Å². The third kappa shape index (κ3) is 8.93. The summed E-state index contributed by atoms with van der Waals surface area (Å²) < 4.78 is 40.2. The Balaban J connectivity index is 1.62. The van der Waals surface area contributed by atoms with Gasteiger partial charge in [-0.3, -0.25) is 8.63 Å². The van der Waals surface area contributed by atoms with E-state index in [1.54, 1.807) is 7.11 Å². The van der Waals surface area contributed by atoms with E-state index in [9.17, 15) is 0 Å². The number of nitrogens with zero attached hydrogens (tertiary/aromatic N) is 2. The summed E-state index contributed by atoms with van der Waals surface area (Å²) in [4.78, 5) is 5.50.